The van der Waals surface area contributed by atoms with Crippen molar-refractivity contribution in [3.05, 3.63) is 83.3 Å². The maximum atomic E-state index is 10.5. The first-order chi connectivity index (χ1) is 16.9. The minimum Gasteiger partial charge on any atom is -0.339 e. The van der Waals surface area contributed by atoms with E-state index < -0.39 is 10.0 Å². The Morgan fingerprint density at radius 1 is 1.03 bits per heavy atom. The number of hydrogen-bond donors (Lipinski definition) is 1. The molecule has 1 aromatic heterocycles. The molecule has 1 aliphatic heterocycles. The molecule has 2 atom stereocenters. The van der Waals surface area contributed by atoms with Crippen molar-refractivity contribution < 1.29 is 8.42 Å². The van der Waals surface area contributed by atoms with Crippen LogP contribution in [0.1, 0.15) is 66.2 Å². The van der Waals surface area contributed by atoms with Gasteiger partial charge in [0.2, 0.25) is 0 Å². The molecule has 1 saturated heterocycles. The van der Waals surface area contributed by atoms with Crippen molar-refractivity contribution in [2.24, 2.45) is 12.2 Å². The molecule has 2 N–H and O–H groups in total. The monoisotopic (exact) mass is 492 g/mol. The molecule has 3 aromatic rings. The van der Waals surface area contributed by atoms with E-state index in [0.29, 0.717) is 5.92 Å². The van der Waals surface area contributed by atoms with E-state index in [9.17, 15) is 8.42 Å². The van der Waals surface area contributed by atoms with Crippen molar-refractivity contribution in [3.63, 3.8) is 0 Å². The molecule has 0 radical (unpaired) electrons. The lowest BCUT2D eigenvalue weighted by atomic mass is 9.72. The van der Waals surface area contributed by atoms with Gasteiger partial charge in [-0.1, -0.05) is 55.0 Å². The molecule has 2 aromatic carbocycles. The molecule has 2 fully saturated rings. The molecule has 0 amide bonds. The van der Waals surface area contributed by atoms with Crippen LogP contribution in [0.3, 0.4) is 0 Å². The summed E-state index contributed by atoms with van der Waals surface area (Å²) in [4.78, 5) is 6.29. The third-order valence-corrected chi connectivity index (χ3v) is 8.74. The van der Waals surface area contributed by atoms with Gasteiger partial charge in [0, 0.05) is 25.2 Å². The summed E-state index contributed by atoms with van der Waals surface area (Å²) in [7, 11) is -1.95. The summed E-state index contributed by atoms with van der Waals surface area (Å²) >= 11 is 0. The number of benzene rings is 2. The largest absolute Gasteiger partial charge is 0.339 e. The lowest BCUT2D eigenvalue weighted by Gasteiger charge is -2.46. The molecule has 6 rings (SSSR count). The number of aryl methyl sites for hydroxylation is 2. The molecule has 3 aliphatic rings. The van der Waals surface area contributed by atoms with Gasteiger partial charge >= 0.3 is 0 Å². The molecule has 6 nitrogen and oxygen atoms in total. The molecule has 35 heavy (non-hydrogen) atoms. The molecule has 2 unspecified atom stereocenters. The Balaban J connectivity index is 0.000000214. The van der Waals surface area contributed by atoms with Crippen molar-refractivity contribution in [1.82, 2.24) is 14.5 Å². The topological polar surface area (TPSA) is 81.2 Å². The van der Waals surface area contributed by atoms with Gasteiger partial charge in [-0.3, -0.25) is 4.90 Å². The van der Waals surface area contributed by atoms with Crippen LogP contribution in [0.5, 0.6) is 0 Å². The number of nitrogens with zero attached hydrogens (tertiary/aromatic N) is 3. The van der Waals surface area contributed by atoms with Gasteiger partial charge in [-0.2, -0.15) is 0 Å². The number of nitrogens with two attached hydrogens (primary N) is 1. The fourth-order valence-corrected chi connectivity index (χ4v) is 6.16. The second kappa shape index (κ2) is 10.2. The lowest BCUT2D eigenvalue weighted by Crippen LogP contribution is -2.49. The predicted octanol–water partition coefficient (Wildman–Crippen LogP) is 4.37. The highest BCUT2D eigenvalue weighted by Crippen LogP contribution is 2.42. The van der Waals surface area contributed by atoms with Crippen molar-refractivity contribution in [3.8, 4) is 0 Å². The molecule has 186 valence electrons. The maximum Gasteiger partial charge on any atom is 0.257 e. The molecule has 7 heteroatoms. The van der Waals surface area contributed by atoms with Gasteiger partial charge in [-0.15, -0.1) is 0 Å². The Hall–Kier alpha value is -2.48. The number of aromatic nitrogens is 2. The second-order valence-corrected chi connectivity index (χ2v) is 11.8. The highest BCUT2D eigenvalue weighted by Gasteiger charge is 2.36. The van der Waals surface area contributed by atoms with Crippen LogP contribution in [0.2, 0.25) is 0 Å². The van der Waals surface area contributed by atoms with Gasteiger partial charge in [-0.05, 0) is 79.8 Å². The van der Waals surface area contributed by atoms with Crippen molar-refractivity contribution >= 4 is 10.0 Å². The summed E-state index contributed by atoms with van der Waals surface area (Å²) < 4.78 is 22.6. The highest BCUT2D eigenvalue weighted by atomic mass is 32.2. The number of sulfonamides is 1. The Labute approximate surface area is 209 Å². The summed E-state index contributed by atoms with van der Waals surface area (Å²) in [6.45, 7) is 2.63. The number of rotatable bonds is 5. The van der Waals surface area contributed by atoms with E-state index in [1.165, 1.54) is 80.7 Å². The average molecular weight is 493 g/mol. The molecular weight excluding hydrogens is 456 g/mol. The van der Waals surface area contributed by atoms with E-state index in [-0.39, 0.29) is 5.03 Å². The molecular formula is C28H36N4O2S. The molecule has 0 spiro atoms. The number of primary sulfonamides is 1. The fraction of sp³-hybridized carbons (Fsp3) is 0.464. The molecule has 1 saturated carbocycles. The highest BCUT2D eigenvalue weighted by molar-refractivity contribution is 7.89. The second-order valence-electron chi connectivity index (χ2n) is 10.3. The van der Waals surface area contributed by atoms with E-state index in [2.05, 4.69) is 58.4 Å². The minimum atomic E-state index is -3.61. The van der Waals surface area contributed by atoms with E-state index in [1.54, 1.807) is 23.7 Å². The summed E-state index contributed by atoms with van der Waals surface area (Å²) in [6.07, 6.45) is 12.1. The van der Waals surface area contributed by atoms with Crippen molar-refractivity contribution in [2.75, 3.05) is 13.1 Å². The first-order valence-electron chi connectivity index (χ1n) is 12.8. The summed E-state index contributed by atoms with van der Waals surface area (Å²) in [5.74, 6) is 1.51. The van der Waals surface area contributed by atoms with Crippen LogP contribution < -0.4 is 5.14 Å². The SMILES string of the molecule is Cn1cnc(S(N)(=O)=O)c1.c1ccc(CC2c3cc(C4CCC4)ccc3CCC2N2CCC2)cc1. The number of imidazole rings is 1. The van der Waals surface area contributed by atoms with E-state index >= 15 is 0 Å². The molecule has 2 heterocycles. The smallest absolute Gasteiger partial charge is 0.257 e. The van der Waals surface area contributed by atoms with Crippen LogP contribution in [0.25, 0.3) is 0 Å². The van der Waals surface area contributed by atoms with Crippen LogP contribution in [0.15, 0.2) is 66.1 Å². The fourth-order valence-electron chi connectivity index (χ4n) is 5.65. The van der Waals surface area contributed by atoms with E-state index in [0.717, 1.165) is 12.0 Å². The van der Waals surface area contributed by atoms with Crippen LogP contribution in [-0.4, -0.2) is 42.0 Å². The minimum absolute atomic E-state index is 0.102. The summed E-state index contributed by atoms with van der Waals surface area (Å²) in [5, 5.41) is 4.66. The van der Waals surface area contributed by atoms with Gasteiger partial charge in [0.25, 0.3) is 10.0 Å². The third-order valence-electron chi connectivity index (χ3n) is 7.95. The van der Waals surface area contributed by atoms with Crippen LogP contribution in [0, 0.1) is 0 Å². The van der Waals surface area contributed by atoms with Crippen LogP contribution in [-0.2, 0) is 29.9 Å². The summed E-state index contributed by atoms with van der Waals surface area (Å²) in [6, 6.07) is 19.4. The lowest BCUT2D eigenvalue weighted by molar-refractivity contribution is 0.0876. The average Bonchev–Trinajstić information content (AvgIpc) is 3.21. The molecule has 2 aliphatic carbocycles. The molecule has 0 bridgehead atoms. The van der Waals surface area contributed by atoms with Crippen molar-refractivity contribution in [1.29, 1.82) is 0 Å². The zero-order valence-corrected chi connectivity index (χ0v) is 21.3. The Morgan fingerprint density at radius 2 is 1.80 bits per heavy atom. The van der Waals surface area contributed by atoms with Crippen LogP contribution in [0.4, 0.5) is 0 Å². The van der Waals surface area contributed by atoms with Gasteiger partial charge in [0.05, 0.1) is 6.33 Å². The first kappa shape index (κ1) is 24.2. The zero-order valence-electron chi connectivity index (χ0n) is 20.5. The normalized spacial score (nSPS) is 22.3. The zero-order chi connectivity index (χ0) is 24.4. The maximum absolute atomic E-state index is 10.5. The van der Waals surface area contributed by atoms with E-state index in [4.69, 9.17) is 5.14 Å². The number of fused-ring (bicyclic) bond motifs is 1. The Kier molecular flexibility index (Phi) is 7.09. The first-order valence-corrected chi connectivity index (χ1v) is 14.3. The number of hydrogen-bond acceptors (Lipinski definition) is 4. The number of likely N-dealkylation sites (tertiary alicyclic amines) is 1. The van der Waals surface area contributed by atoms with Crippen molar-refractivity contribution in [2.45, 2.75) is 67.8 Å². The van der Waals surface area contributed by atoms with E-state index in [1.807, 2.05) is 0 Å². The quantitative estimate of drug-likeness (QED) is 0.574. The Bertz CT molecular complexity index is 1250. The standard InChI is InChI=1S/C24H29N.C4H7N3O2S/c1-2-6-18(7-3-1)16-23-22-17-21(19-8-4-9-19)11-10-20(22)12-13-24(23)25-14-5-15-25;1-7-2-4(6-3-7)10(5,8)9/h1-3,6-7,10-11,17,19,23-24H,4-5,8-9,12-16H2;2-3H,1H3,(H2,5,8,9). The van der Waals surface area contributed by atoms with Gasteiger partial charge < -0.3 is 4.57 Å². The van der Waals surface area contributed by atoms with Gasteiger partial charge in [0.15, 0.2) is 5.03 Å². The predicted molar refractivity (Wildman–Crippen MR) is 139 cm³/mol. The Morgan fingerprint density at radius 3 is 2.34 bits per heavy atom. The van der Waals surface area contributed by atoms with Crippen LogP contribution >= 0.6 is 0 Å². The van der Waals surface area contributed by atoms with Gasteiger partial charge in [0.1, 0.15) is 0 Å². The van der Waals surface area contributed by atoms with Gasteiger partial charge in [-0.25, -0.2) is 18.5 Å². The third kappa shape index (κ3) is 5.52. The summed E-state index contributed by atoms with van der Waals surface area (Å²) in [5.41, 5.74) is 6.42.